The standard InChI is InChI=1S/C17H21ClN4O/c1-22(2)11-5-9-20-15-7-4-3-6-13(15)17(23)21-16-8-10-19-12-14(16)18/h3-4,6-8,10,12,20H,5,9,11H2,1-2H3,(H,19,21,23). The molecule has 0 radical (unpaired) electrons. The maximum absolute atomic E-state index is 12.5. The lowest BCUT2D eigenvalue weighted by molar-refractivity contribution is 0.102. The molecule has 2 N–H and O–H groups in total. The Balaban J connectivity index is 2.04. The minimum Gasteiger partial charge on any atom is -0.384 e. The van der Waals surface area contributed by atoms with Crippen LogP contribution in [0.25, 0.3) is 0 Å². The van der Waals surface area contributed by atoms with Gasteiger partial charge >= 0.3 is 0 Å². The van der Waals surface area contributed by atoms with Crippen LogP contribution < -0.4 is 10.6 Å². The normalized spacial score (nSPS) is 10.6. The first kappa shape index (κ1) is 17.2. The molecule has 0 aliphatic rings. The van der Waals surface area contributed by atoms with E-state index in [1.54, 1.807) is 18.3 Å². The molecular weight excluding hydrogens is 312 g/mol. The largest absolute Gasteiger partial charge is 0.384 e. The van der Waals surface area contributed by atoms with Crippen LogP contribution in [0.5, 0.6) is 0 Å². The molecule has 122 valence electrons. The highest BCUT2D eigenvalue weighted by Crippen LogP contribution is 2.22. The first-order valence-corrected chi connectivity index (χ1v) is 7.84. The van der Waals surface area contributed by atoms with Gasteiger partial charge in [-0.25, -0.2) is 0 Å². The molecule has 0 bridgehead atoms. The number of carbonyl (C=O) groups excluding carboxylic acids is 1. The highest BCUT2D eigenvalue weighted by molar-refractivity contribution is 6.33. The molecule has 23 heavy (non-hydrogen) atoms. The Morgan fingerprint density at radius 1 is 1.22 bits per heavy atom. The molecule has 6 heteroatoms. The number of benzene rings is 1. The van der Waals surface area contributed by atoms with Gasteiger partial charge in [-0.3, -0.25) is 9.78 Å². The third kappa shape index (κ3) is 5.23. The second-order valence-corrected chi connectivity index (χ2v) is 5.85. The van der Waals surface area contributed by atoms with E-state index >= 15 is 0 Å². The van der Waals surface area contributed by atoms with E-state index in [4.69, 9.17) is 11.6 Å². The zero-order valence-electron chi connectivity index (χ0n) is 13.3. The number of aromatic nitrogens is 1. The number of hydrogen-bond acceptors (Lipinski definition) is 4. The van der Waals surface area contributed by atoms with Gasteiger partial charge in [-0.15, -0.1) is 0 Å². The summed E-state index contributed by atoms with van der Waals surface area (Å²) in [5, 5.41) is 6.55. The third-order valence-corrected chi connectivity index (χ3v) is 3.59. The Labute approximate surface area is 141 Å². The van der Waals surface area contributed by atoms with Gasteiger partial charge in [0.25, 0.3) is 5.91 Å². The summed E-state index contributed by atoms with van der Waals surface area (Å²) in [4.78, 5) is 18.5. The van der Waals surface area contributed by atoms with Crippen LogP contribution in [0.3, 0.4) is 0 Å². The molecule has 1 amide bonds. The number of anilines is 2. The van der Waals surface area contributed by atoms with E-state index in [2.05, 4.69) is 20.5 Å². The lowest BCUT2D eigenvalue weighted by Gasteiger charge is -2.14. The fourth-order valence-corrected chi connectivity index (χ4v) is 2.29. The zero-order valence-corrected chi connectivity index (χ0v) is 14.1. The summed E-state index contributed by atoms with van der Waals surface area (Å²) in [5.74, 6) is -0.200. The Kier molecular flexibility index (Phi) is 6.38. The highest BCUT2D eigenvalue weighted by Gasteiger charge is 2.12. The van der Waals surface area contributed by atoms with E-state index in [1.165, 1.54) is 6.20 Å². The quantitative estimate of drug-likeness (QED) is 0.763. The van der Waals surface area contributed by atoms with Gasteiger partial charge in [0.15, 0.2) is 0 Å². The number of halogens is 1. The first-order valence-electron chi connectivity index (χ1n) is 7.46. The number of hydrogen-bond donors (Lipinski definition) is 2. The van der Waals surface area contributed by atoms with Gasteiger partial charge in [0.05, 0.1) is 16.3 Å². The Morgan fingerprint density at radius 3 is 2.74 bits per heavy atom. The van der Waals surface area contributed by atoms with Gasteiger partial charge in [0.1, 0.15) is 0 Å². The molecule has 2 aromatic rings. The number of pyridine rings is 1. The number of carbonyl (C=O) groups is 1. The summed E-state index contributed by atoms with van der Waals surface area (Å²) < 4.78 is 0. The predicted molar refractivity (Wildman–Crippen MR) is 95.3 cm³/mol. The van der Waals surface area contributed by atoms with Crippen LogP contribution in [-0.2, 0) is 0 Å². The maximum Gasteiger partial charge on any atom is 0.257 e. The van der Waals surface area contributed by atoms with E-state index in [-0.39, 0.29) is 5.91 Å². The molecule has 0 aliphatic carbocycles. The van der Waals surface area contributed by atoms with Gasteiger partial charge in [0, 0.05) is 24.6 Å². The average molecular weight is 333 g/mol. The molecular formula is C17H21ClN4O. The Morgan fingerprint density at radius 2 is 2.00 bits per heavy atom. The minimum absolute atomic E-state index is 0.200. The molecule has 2 rings (SSSR count). The van der Waals surface area contributed by atoms with E-state index in [0.717, 1.165) is 25.2 Å². The highest BCUT2D eigenvalue weighted by atomic mass is 35.5. The van der Waals surface area contributed by atoms with Crippen LogP contribution in [-0.4, -0.2) is 43.0 Å². The van der Waals surface area contributed by atoms with Crippen molar-refractivity contribution >= 4 is 28.9 Å². The monoisotopic (exact) mass is 332 g/mol. The summed E-state index contributed by atoms with van der Waals surface area (Å²) >= 11 is 6.03. The van der Waals surface area contributed by atoms with Gasteiger partial charge in [-0.05, 0) is 45.3 Å². The van der Waals surface area contributed by atoms with Gasteiger partial charge in [0.2, 0.25) is 0 Å². The molecule has 1 aromatic heterocycles. The summed E-state index contributed by atoms with van der Waals surface area (Å²) in [5.41, 5.74) is 1.95. The van der Waals surface area contributed by atoms with Crippen molar-refractivity contribution in [2.24, 2.45) is 0 Å². The van der Waals surface area contributed by atoms with Gasteiger partial charge in [-0.2, -0.15) is 0 Å². The van der Waals surface area contributed by atoms with Crippen molar-refractivity contribution in [2.45, 2.75) is 6.42 Å². The minimum atomic E-state index is -0.200. The van der Waals surface area contributed by atoms with Crippen molar-refractivity contribution in [3.8, 4) is 0 Å². The van der Waals surface area contributed by atoms with Gasteiger partial charge in [-0.1, -0.05) is 23.7 Å². The smallest absolute Gasteiger partial charge is 0.257 e. The molecule has 0 aliphatic heterocycles. The summed E-state index contributed by atoms with van der Waals surface area (Å²) in [7, 11) is 4.08. The molecule has 0 spiro atoms. The predicted octanol–water partition coefficient (Wildman–Crippen LogP) is 3.35. The molecule has 5 nitrogen and oxygen atoms in total. The van der Waals surface area contributed by atoms with Crippen molar-refractivity contribution in [3.05, 3.63) is 53.3 Å². The molecule has 0 atom stereocenters. The van der Waals surface area contributed by atoms with Crippen molar-refractivity contribution in [2.75, 3.05) is 37.8 Å². The second-order valence-electron chi connectivity index (χ2n) is 5.44. The van der Waals surface area contributed by atoms with Gasteiger partial charge < -0.3 is 15.5 Å². The topological polar surface area (TPSA) is 57.3 Å². The summed E-state index contributed by atoms with van der Waals surface area (Å²) in [6, 6.07) is 9.11. The van der Waals surface area contributed by atoms with Crippen molar-refractivity contribution in [1.29, 1.82) is 0 Å². The fourth-order valence-electron chi connectivity index (χ4n) is 2.12. The van der Waals surface area contributed by atoms with E-state index in [1.807, 2.05) is 32.3 Å². The summed E-state index contributed by atoms with van der Waals surface area (Å²) in [6.07, 6.45) is 4.09. The van der Waals surface area contributed by atoms with E-state index in [9.17, 15) is 4.79 Å². The van der Waals surface area contributed by atoms with Crippen molar-refractivity contribution in [3.63, 3.8) is 0 Å². The Hall–Kier alpha value is -2.11. The van der Waals surface area contributed by atoms with Crippen molar-refractivity contribution in [1.82, 2.24) is 9.88 Å². The van der Waals surface area contributed by atoms with Crippen LogP contribution in [0.4, 0.5) is 11.4 Å². The molecule has 0 unspecified atom stereocenters. The number of rotatable bonds is 7. The van der Waals surface area contributed by atoms with Crippen molar-refractivity contribution < 1.29 is 4.79 Å². The number of amides is 1. The molecule has 0 saturated heterocycles. The maximum atomic E-state index is 12.5. The van der Waals surface area contributed by atoms with E-state index in [0.29, 0.717) is 16.3 Å². The van der Waals surface area contributed by atoms with Crippen LogP contribution in [0.2, 0.25) is 5.02 Å². The first-order chi connectivity index (χ1) is 11.1. The van der Waals surface area contributed by atoms with E-state index < -0.39 is 0 Å². The lowest BCUT2D eigenvalue weighted by atomic mass is 10.1. The number of para-hydroxylation sites is 1. The fraction of sp³-hybridized carbons (Fsp3) is 0.294. The Bertz CT molecular complexity index is 661. The van der Waals surface area contributed by atoms with Crippen LogP contribution in [0.1, 0.15) is 16.8 Å². The summed E-state index contributed by atoms with van der Waals surface area (Å²) in [6.45, 7) is 1.80. The third-order valence-electron chi connectivity index (χ3n) is 3.29. The molecule has 1 heterocycles. The lowest BCUT2D eigenvalue weighted by Crippen LogP contribution is -2.18. The molecule has 0 saturated carbocycles. The van der Waals surface area contributed by atoms with Crippen LogP contribution in [0.15, 0.2) is 42.7 Å². The molecule has 0 fully saturated rings. The molecule has 1 aromatic carbocycles. The zero-order chi connectivity index (χ0) is 16.7. The SMILES string of the molecule is CN(C)CCCNc1ccccc1C(=O)Nc1ccncc1Cl. The number of nitrogens with zero attached hydrogens (tertiary/aromatic N) is 2. The van der Waals surface area contributed by atoms with Crippen LogP contribution >= 0.6 is 11.6 Å². The van der Waals surface area contributed by atoms with Crippen LogP contribution in [0, 0.1) is 0 Å². The second kappa shape index (κ2) is 8.50. The number of nitrogens with one attached hydrogen (secondary N) is 2. The average Bonchev–Trinajstić information content (AvgIpc) is 2.54.